The van der Waals surface area contributed by atoms with Crippen LogP contribution in [0.4, 0.5) is 0 Å². The van der Waals surface area contributed by atoms with Crippen LogP contribution in [0.5, 0.6) is 17.2 Å². The zero-order valence-corrected chi connectivity index (χ0v) is 18.9. The van der Waals surface area contributed by atoms with Crippen molar-refractivity contribution in [3.8, 4) is 28.4 Å². The Hall–Kier alpha value is -3.77. The summed E-state index contributed by atoms with van der Waals surface area (Å²) in [6.45, 7) is 3.83. The second-order valence-corrected chi connectivity index (χ2v) is 8.12. The molecule has 1 aromatic heterocycles. The molecule has 168 valence electrons. The molecule has 0 aliphatic carbocycles. The van der Waals surface area contributed by atoms with Crippen LogP contribution in [-0.2, 0) is 13.1 Å². The molecule has 5 rings (SSSR count). The van der Waals surface area contributed by atoms with Crippen LogP contribution in [0.2, 0.25) is 0 Å². The Morgan fingerprint density at radius 2 is 1.76 bits per heavy atom. The highest BCUT2D eigenvalue weighted by molar-refractivity contribution is 5.90. The molecule has 0 spiro atoms. The van der Waals surface area contributed by atoms with E-state index in [9.17, 15) is 4.79 Å². The third-order valence-corrected chi connectivity index (χ3v) is 6.10. The number of ether oxygens (including phenoxy) is 3. The lowest BCUT2D eigenvalue weighted by molar-refractivity contribution is 0.0890. The number of aryl methyl sites for hydroxylation is 1. The molecule has 6 heteroatoms. The minimum absolute atomic E-state index is 0.388. The second kappa shape index (κ2) is 8.64. The predicted molar refractivity (Wildman–Crippen MR) is 127 cm³/mol. The molecule has 3 aromatic carbocycles. The number of fused-ring (bicyclic) bond motifs is 3. The van der Waals surface area contributed by atoms with Crippen molar-refractivity contribution in [2.45, 2.75) is 20.0 Å². The number of nitrogens with zero attached hydrogens (tertiary/aromatic N) is 1. The van der Waals surface area contributed by atoms with E-state index in [-0.39, 0.29) is 5.63 Å². The average Bonchev–Trinajstić information content (AvgIpc) is 2.84. The van der Waals surface area contributed by atoms with Gasteiger partial charge in [-0.2, -0.15) is 0 Å². The molecule has 0 radical (unpaired) electrons. The van der Waals surface area contributed by atoms with Crippen LogP contribution in [0, 0.1) is 6.92 Å². The van der Waals surface area contributed by atoms with Crippen molar-refractivity contribution in [3.05, 3.63) is 87.8 Å². The lowest BCUT2D eigenvalue weighted by Gasteiger charge is -2.29. The minimum Gasteiger partial charge on any atom is -0.493 e. The van der Waals surface area contributed by atoms with Crippen LogP contribution in [-0.4, -0.2) is 25.9 Å². The Morgan fingerprint density at radius 1 is 0.970 bits per heavy atom. The molecule has 0 fully saturated rings. The molecule has 0 atom stereocenters. The van der Waals surface area contributed by atoms with Crippen molar-refractivity contribution < 1.29 is 18.6 Å². The van der Waals surface area contributed by atoms with E-state index in [1.807, 2.05) is 43.3 Å². The highest BCUT2D eigenvalue weighted by atomic mass is 16.5. The normalized spacial score (nSPS) is 13.4. The van der Waals surface area contributed by atoms with Crippen LogP contribution in [0.1, 0.15) is 16.7 Å². The number of hydrogen-bond donors (Lipinski definition) is 0. The fourth-order valence-electron chi connectivity index (χ4n) is 4.44. The third kappa shape index (κ3) is 3.83. The minimum atomic E-state index is -0.388. The molecule has 0 unspecified atom stereocenters. The Labute approximate surface area is 191 Å². The molecule has 33 heavy (non-hydrogen) atoms. The lowest BCUT2D eigenvalue weighted by atomic mass is 9.97. The summed E-state index contributed by atoms with van der Waals surface area (Å²) < 4.78 is 22.7. The Kier molecular flexibility index (Phi) is 5.52. The smallest absolute Gasteiger partial charge is 0.344 e. The quantitative estimate of drug-likeness (QED) is 0.398. The van der Waals surface area contributed by atoms with Gasteiger partial charge >= 0.3 is 5.63 Å². The third-order valence-electron chi connectivity index (χ3n) is 6.10. The van der Waals surface area contributed by atoms with E-state index in [4.69, 9.17) is 18.6 Å². The summed E-state index contributed by atoms with van der Waals surface area (Å²) in [6.07, 6.45) is 0. The number of methoxy groups -OCH3 is 2. The van der Waals surface area contributed by atoms with E-state index in [0.29, 0.717) is 35.9 Å². The molecule has 1 aliphatic heterocycles. The first-order chi connectivity index (χ1) is 16.1. The highest BCUT2D eigenvalue weighted by Crippen LogP contribution is 2.37. The summed E-state index contributed by atoms with van der Waals surface area (Å²) in [5.74, 6) is 1.92. The van der Waals surface area contributed by atoms with Gasteiger partial charge in [0.25, 0.3) is 0 Å². The van der Waals surface area contributed by atoms with Gasteiger partial charge < -0.3 is 18.6 Å². The topological polar surface area (TPSA) is 61.1 Å². The van der Waals surface area contributed by atoms with Crippen LogP contribution >= 0.6 is 0 Å². The summed E-state index contributed by atoms with van der Waals surface area (Å²) >= 11 is 0. The number of hydrogen-bond acceptors (Lipinski definition) is 6. The van der Waals surface area contributed by atoms with Gasteiger partial charge in [0.1, 0.15) is 18.1 Å². The van der Waals surface area contributed by atoms with Crippen molar-refractivity contribution in [1.82, 2.24) is 4.90 Å². The maximum absolute atomic E-state index is 13.2. The van der Waals surface area contributed by atoms with Crippen molar-refractivity contribution >= 4 is 11.0 Å². The molecule has 0 saturated heterocycles. The van der Waals surface area contributed by atoms with Gasteiger partial charge in [-0.05, 0) is 47.9 Å². The first-order valence-electron chi connectivity index (χ1n) is 10.8. The van der Waals surface area contributed by atoms with Crippen LogP contribution in [0.25, 0.3) is 22.1 Å². The van der Waals surface area contributed by atoms with Gasteiger partial charge in [-0.3, -0.25) is 4.90 Å². The lowest BCUT2D eigenvalue weighted by Crippen LogP contribution is -2.31. The summed E-state index contributed by atoms with van der Waals surface area (Å²) in [7, 11) is 3.16. The molecule has 1 aliphatic rings. The molecule has 0 bridgehead atoms. The fourth-order valence-corrected chi connectivity index (χ4v) is 4.44. The molecule has 0 saturated carbocycles. The molecule has 0 N–H and O–H groups in total. The molecule has 0 amide bonds. The summed E-state index contributed by atoms with van der Waals surface area (Å²) in [4.78, 5) is 15.4. The Bertz CT molecular complexity index is 1380. The predicted octanol–water partition coefficient (Wildman–Crippen LogP) is 5.14. The van der Waals surface area contributed by atoms with Gasteiger partial charge in [0.15, 0.2) is 11.5 Å². The van der Waals surface area contributed by atoms with Crippen molar-refractivity contribution in [3.63, 3.8) is 0 Å². The first kappa shape index (κ1) is 21.1. The van der Waals surface area contributed by atoms with E-state index in [1.54, 1.807) is 26.4 Å². The van der Waals surface area contributed by atoms with Gasteiger partial charge in [0.2, 0.25) is 0 Å². The van der Waals surface area contributed by atoms with Crippen molar-refractivity contribution in [2.24, 2.45) is 0 Å². The van der Waals surface area contributed by atoms with Crippen LogP contribution < -0.4 is 19.8 Å². The molecule has 6 nitrogen and oxygen atoms in total. The molecular formula is C27H25NO5. The standard InChI is InChI=1S/C27H25NO5/c1-17-20-10-12-22-21(15-28(16-32-22)14-18-7-5-4-6-8-18)26(20)33-27(29)25(17)19-9-11-23(30-2)24(13-19)31-3/h4-13H,14-16H2,1-3H3. The van der Waals surface area contributed by atoms with E-state index in [0.717, 1.165) is 34.4 Å². The van der Waals surface area contributed by atoms with Crippen molar-refractivity contribution in [1.29, 1.82) is 0 Å². The zero-order chi connectivity index (χ0) is 22.9. The molecular weight excluding hydrogens is 418 g/mol. The van der Waals surface area contributed by atoms with Gasteiger partial charge in [0, 0.05) is 18.5 Å². The maximum atomic E-state index is 13.2. The Morgan fingerprint density at radius 3 is 2.52 bits per heavy atom. The summed E-state index contributed by atoms with van der Waals surface area (Å²) in [5.41, 5.74) is 4.39. The number of rotatable bonds is 5. The van der Waals surface area contributed by atoms with E-state index >= 15 is 0 Å². The first-order valence-corrected chi connectivity index (χ1v) is 10.8. The van der Waals surface area contributed by atoms with E-state index < -0.39 is 0 Å². The number of benzene rings is 3. The second-order valence-electron chi connectivity index (χ2n) is 8.12. The summed E-state index contributed by atoms with van der Waals surface area (Å²) in [5, 5.41) is 0.892. The fraction of sp³-hybridized carbons (Fsp3) is 0.222. The average molecular weight is 443 g/mol. The maximum Gasteiger partial charge on any atom is 0.344 e. The van der Waals surface area contributed by atoms with Crippen LogP contribution in [0.3, 0.4) is 0 Å². The highest BCUT2D eigenvalue weighted by Gasteiger charge is 2.24. The summed E-state index contributed by atoms with van der Waals surface area (Å²) in [6, 6.07) is 19.6. The molecule has 2 heterocycles. The van der Waals surface area contributed by atoms with Gasteiger partial charge in [-0.15, -0.1) is 0 Å². The van der Waals surface area contributed by atoms with Crippen molar-refractivity contribution in [2.75, 3.05) is 21.0 Å². The monoisotopic (exact) mass is 443 g/mol. The van der Waals surface area contributed by atoms with Gasteiger partial charge in [0.05, 0.1) is 25.3 Å². The van der Waals surface area contributed by atoms with Gasteiger partial charge in [-0.25, -0.2) is 4.79 Å². The van der Waals surface area contributed by atoms with E-state index in [2.05, 4.69) is 17.0 Å². The van der Waals surface area contributed by atoms with E-state index in [1.165, 1.54) is 5.56 Å². The Balaban J connectivity index is 1.57. The molecule has 4 aromatic rings. The zero-order valence-electron chi connectivity index (χ0n) is 18.9. The largest absolute Gasteiger partial charge is 0.493 e. The van der Waals surface area contributed by atoms with Gasteiger partial charge in [-0.1, -0.05) is 36.4 Å². The SMILES string of the molecule is COc1ccc(-c2c(C)c3ccc4c(c3oc2=O)CN(Cc2ccccc2)CO4)cc1OC. The van der Waals surface area contributed by atoms with Crippen LogP contribution in [0.15, 0.2) is 69.9 Å².